The molecule has 0 fully saturated rings. The number of rotatable bonds is 12. The zero-order valence-electron chi connectivity index (χ0n) is 22.4. The fourth-order valence-electron chi connectivity index (χ4n) is 3.56. The van der Waals surface area contributed by atoms with E-state index in [4.69, 9.17) is 5.11 Å². The summed E-state index contributed by atoms with van der Waals surface area (Å²) in [6.07, 6.45) is -1.96. The van der Waals surface area contributed by atoms with Gasteiger partial charge in [-0.3, -0.25) is 19.2 Å². The van der Waals surface area contributed by atoms with Gasteiger partial charge >= 0.3 is 6.09 Å². The minimum atomic E-state index is -1.31. The third-order valence-electron chi connectivity index (χ3n) is 5.29. The summed E-state index contributed by atoms with van der Waals surface area (Å²) in [5.74, 6) is -4.01. The first-order valence-corrected chi connectivity index (χ1v) is 12.4. The lowest BCUT2D eigenvalue weighted by Gasteiger charge is -2.23. The van der Waals surface area contributed by atoms with E-state index < -0.39 is 52.9 Å². The summed E-state index contributed by atoms with van der Waals surface area (Å²) in [5, 5.41) is 20.7. The van der Waals surface area contributed by atoms with Crippen molar-refractivity contribution >= 4 is 29.7 Å². The predicted octanol–water partition coefficient (Wildman–Crippen LogP) is 1.93. The number of benzene rings is 2. The smallest absolute Gasteiger partial charge is 0.404 e. The Balaban J connectivity index is 1.97. The van der Waals surface area contributed by atoms with E-state index in [1.165, 1.54) is 30.3 Å². The van der Waals surface area contributed by atoms with Gasteiger partial charge in [0.15, 0.2) is 0 Å². The summed E-state index contributed by atoms with van der Waals surface area (Å²) in [6, 6.07) is 8.22. The summed E-state index contributed by atoms with van der Waals surface area (Å²) < 4.78 is 28.5. The number of carbonyl (C=O) groups excluding carboxylic acids is 4. The molecule has 0 unspecified atom stereocenters. The molecular weight excluding hydrogens is 528 g/mol. The minimum absolute atomic E-state index is 0.118. The average Bonchev–Trinajstić information content (AvgIpc) is 2.85. The van der Waals surface area contributed by atoms with E-state index in [0.29, 0.717) is 5.56 Å². The van der Waals surface area contributed by atoms with Crippen LogP contribution in [0.25, 0.3) is 11.1 Å². The van der Waals surface area contributed by atoms with Crippen LogP contribution in [0.1, 0.15) is 44.0 Å². The van der Waals surface area contributed by atoms with Crippen molar-refractivity contribution in [2.75, 3.05) is 19.6 Å². The van der Waals surface area contributed by atoms with Crippen LogP contribution in [0.2, 0.25) is 0 Å². The van der Waals surface area contributed by atoms with Crippen molar-refractivity contribution in [3.63, 3.8) is 0 Å². The predicted molar refractivity (Wildman–Crippen MR) is 142 cm³/mol. The van der Waals surface area contributed by atoms with E-state index in [-0.39, 0.29) is 43.6 Å². The molecule has 2 rings (SSSR count). The second kappa shape index (κ2) is 14.6. The molecule has 6 N–H and O–H groups in total. The van der Waals surface area contributed by atoms with E-state index >= 15 is 0 Å². The molecule has 0 spiro atoms. The zero-order chi connectivity index (χ0) is 29.9. The van der Waals surface area contributed by atoms with Crippen LogP contribution in [0.3, 0.4) is 0 Å². The van der Waals surface area contributed by atoms with Gasteiger partial charge in [0.05, 0.1) is 12.0 Å². The molecule has 0 aliphatic heterocycles. The second-order valence-corrected chi connectivity index (χ2v) is 9.83. The van der Waals surface area contributed by atoms with Gasteiger partial charge in [0, 0.05) is 37.2 Å². The van der Waals surface area contributed by atoms with Crippen molar-refractivity contribution in [2.45, 2.75) is 45.2 Å². The molecule has 0 saturated heterocycles. The minimum Gasteiger partial charge on any atom is -0.465 e. The molecule has 5 amide bonds. The van der Waals surface area contributed by atoms with Crippen molar-refractivity contribution in [1.29, 1.82) is 0 Å². The maximum Gasteiger partial charge on any atom is 0.404 e. The Bertz CT molecular complexity index is 1250. The van der Waals surface area contributed by atoms with Gasteiger partial charge < -0.3 is 31.7 Å². The number of carbonyl (C=O) groups is 5. The van der Waals surface area contributed by atoms with Crippen molar-refractivity contribution in [1.82, 2.24) is 26.6 Å². The Labute approximate surface area is 230 Å². The van der Waals surface area contributed by atoms with Crippen molar-refractivity contribution < 1.29 is 37.9 Å². The lowest BCUT2D eigenvalue weighted by atomic mass is 10.0. The first kappa shape index (κ1) is 31.7. The Morgan fingerprint density at radius 3 is 2.17 bits per heavy atom. The summed E-state index contributed by atoms with van der Waals surface area (Å²) in [6.45, 7) is 4.80. The third kappa shape index (κ3) is 10.7. The first-order chi connectivity index (χ1) is 18.8. The molecule has 1 atom stereocenters. The van der Waals surface area contributed by atoms with Gasteiger partial charge in [-0.1, -0.05) is 24.3 Å². The van der Waals surface area contributed by atoms with Crippen LogP contribution in [-0.4, -0.2) is 66.0 Å². The molecule has 0 heterocycles. The van der Waals surface area contributed by atoms with Crippen LogP contribution < -0.4 is 26.6 Å². The van der Waals surface area contributed by atoms with Crippen molar-refractivity contribution in [3.05, 3.63) is 59.7 Å². The normalized spacial score (nSPS) is 11.6. The number of hydrogen-bond acceptors (Lipinski definition) is 5. The molecule has 0 aliphatic rings. The van der Waals surface area contributed by atoms with E-state index in [2.05, 4.69) is 21.3 Å². The summed E-state index contributed by atoms with van der Waals surface area (Å²) in [4.78, 5) is 60.4. The monoisotopic (exact) mass is 561 g/mol. The molecule has 2 aromatic rings. The summed E-state index contributed by atoms with van der Waals surface area (Å²) in [5.41, 5.74) is -0.391. The van der Waals surface area contributed by atoms with Crippen molar-refractivity contribution in [3.8, 4) is 11.1 Å². The molecular formula is C27H33F2N5O6. The van der Waals surface area contributed by atoms with Gasteiger partial charge in [0.1, 0.15) is 17.7 Å². The number of hydrogen-bond donors (Lipinski definition) is 6. The number of nitrogens with one attached hydrogen (secondary N) is 5. The van der Waals surface area contributed by atoms with Crippen LogP contribution in [0.5, 0.6) is 0 Å². The third-order valence-corrected chi connectivity index (χ3v) is 5.29. The highest BCUT2D eigenvalue weighted by atomic mass is 19.1. The highest BCUT2D eigenvalue weighted by Gasteiger charge is 2.25. The number of carboxylic acid groups (broad SMARTS) is 1. The summed E-state index contributed by atoms with van der Waals surface area (Å²) in [7, 11) is 0. The zero-order valence-corrected chi connectivity index (χ0v) is 22.4. The van der Waals surface area contributed by atoms with E-state index in [0.717, 1.165) is 6.07 Å². The SMILES string of the molecule is CC(C)(C)NC(=O)C[C@H](NC(=O)CCNC(=O)O)C(=O)NCCNC(=O)c1cc(-c2ccccc2F)ccc1F. The molecule has 11 nitrogen and oxygen atoms in total. The van der Waals surface area contributed by atoms with E-state index in [1.54, 1.807) is 26.8 Å². The van der Waals surface area contributed by atoms with Crippen LogP contribution in [-0.2, 0) is 14.4 Å². The molecule has 0 radical (unpaired) electrons. The largest absolute Gasteiger partial charge is 0.465 e. The second-order valence-electron chi connectivity index (χ2n) is 9.83. The van der Waals surface area contributed by atoms with Crippen LogP contribution in [0, 0.1) is 11.6 Å². The number of halogens is 2. The van der Waals surface area contributed by atoms with Gasteiger partial charge in [-0.15, -0.1) is 0 Å². The molecule has 0 saturated carbocycles. The van der Waals surface area contributed by atoms with E-state index in [9.17, 15) is 32.8 Å². The van der Waals surface area contributed by atoms with E-state index in [1.807, 2.05) is 5.32 Å². The topological polar surface area (TPSA) is 166 Å². The maximum absolute atomic E-state index is 14.3. The standard InChI is InChI=1S/C27H33F2N5O6/c1-27(2,3)34-23(36)15-21(33-22(35)10-11-32-26(39)40)25(38)31-13-12-30-24(37)18-14-16(8-9-20(18)29)17-6-4-5-7-19(17)28/h4-9,14,21,32H,10-13,15H2,1-3H3,(H,30,37)(H,31,38)(H,33,35)(H,34,36)(H,39,40)/t21-/m0/s1. The Morgan fingerprint density at radius 2 is 1.52 bits per heavy atom. The van der Waals surface area contributed by atoms with Crippen LogP contribution >= 0.6 is 0 Å². The summed E-state index contributed by atoms with van der Waals surface area (Å²) >= 11 is 0. The Morgan fingerprint density at radius 1 is 0.850 bits per heavy atom. The molecule has 40 heavy (non-hydrogen) atoms. The first-order valence-electron chi connectivity index (χ1n) is 12.4. The molecule has 0 aromatic heterocycles. The molecule has 13 heteroatoms. The lowest BCUT2D eigenvalue weighted by molar-refractivity contribution is -0.132. The molecule has 216 valence electrons. The quantitative estimate of drug-likeness (QED) is 0.217. The van der Waals surface area contributed by atoms with Gasteiger partial charge in [-0.25, -0.2) is 13.6 Å². The molecule has 0 aliphatic carbocycles. The highest BCUT2D eigenvalue weighted by Crippen LogP contribution is 2.24. The Kier molecular flexibility index (Phi) is 11.5. The van der Waals surface area contributed by atoms with Crippen molar-refractivity contribution in [2.24, 2.45) is 0 Å². The molecule has 0 bridgehead atoms. The average molecular weight is 562 g/mol. The Hall–Kier alpha value is -4.55. The van der Waals surface area contributed by atoms with Gasteiger partial charge in [-0.2, -0.15) is 0 Å². The van der Waals surface area contributed by atoms with Crippen LogP contribution in [0.15, 0.2) is 42.5 Å². The van der Waals surface area contributed by atoms with Gasteiger partial charge in [0.2, 0.25) is 17.7 Å². The maximum atomic E-state index is 14.3. The lowest BCUT2D eigenvalue weighted by Crippen LogP contribution is -2.52. The fraction of sp³-hybridized carbons (Fsp3) is 0.370. The van der Waals surface area contributed by atoms with Crippen LogP contribution in [0.4, 0.5) is 13.6 Å². The fourth-order valence-corrected chi connectivity index (χ4v) is 3.56. The number of amides is 5. The van der Waals surface area contributed by atoms with Gasteiger partial charge in [-0.05, 0) is 44.5 Å². The molecule has 2 aromatic carbocycles. The highest BCUT2D eigenvalue weighted by molar-refractivity contribution is 5.96. The van der Waals surface area contributed by atoms with Gasteiger partial charge in [0.25, 0.3) is 5.91 Å².